The molecular weight excluding hydrogens is 355 g/mol. The molecule has 0 aliphatic heterocycles. The Morgan fingerprint density at radius 3 is 2.92 bits per heavy atom. The van der Waals surface area contributed by atoms with Crippen molar-refractivity contribution in [3.8, 4) is 11.5 Å². The molecule has 12 heavy (non-hydrogen) atoms. The first-order valence-corrected chi connectivity index (χ1v) is 5.74. The van der Waals surface area contributed by atoms with Gasteiger partial charge in [-0.2, -0.15) is 4.98 Å². The fourth-order valence-corrected chi connectivity index (χ4v) is 2.30. The van der Waals surface area contributed by atoms with Crippen LogP contribution >= 0.6 is 49.9 Å². The minimum Gasteiger partial charge on any atom is -0.333 e. The fourth-order valence-electron chi connectivity index (χ4n) is 0.745. The van der Waals surface area contributed by atoms with Crippen molar-refractivity contribution in [3.05, 3.63) is 19.1 Å². The topological polar surface area (TPSA) is 38.9 Å². The molecule has 0 saturated carbocycles. The van der Waals surface area contributed by atoms with E-state index in [1.807, 2.05) is 11.4 Å². The summed E-state index contributed by atoms with van der Waals surface area (Å²) >= 11 is 7.03. The zero-order valence-electron chi connectivity index (χ0n) is 5.62. The van der Waals surface area contributed by atoms with Crippen molar-refractivity contribution in [1.29, 1.82) is 0 Å². The van der Waals surface area contributed by atoms with E-state index in [1.165, 1.54) is 2.88 Å². The number of hydrogen-bond donors (Lipinski definition) is 0. The van der Waals surface area contributed by atoms with Crippen molar-refractivity contribution in [1.82, 2.24) is 10.1 Å². The monoisotopic (exact) mass is 356 g/mol. The third kappa shape index (κ3) is 1.69. The summed E-state index contributed by atoms with van der Waals surface area (Å²) in [6.45, 7) is 0. The molecule has 3 nitrogen and oxygen atoms in total. The summed E-state index contributed by atoms with van der Waals surface area (Å²) < 4.78 is 6.65. The molecule has 2 heterocycles. The van der Waals surface area contributed by atoms with Crippen LogP contribution in [0.3, 0.4) is 0 Å². The maximum Gasteiger partial charge on any atom is 0.259 e. The lowest BCUT2D eigenvalue weighted by Crippen LogP contribution is -1.70. The molecule has 0 unspecified atom stereocenters. The van der Waals surface area contributed by atoms with Crippen molar-refractivity contribution in [2.24, 2.45) is 0 Å². The number of rotatable bonds is 1. The van der Waals surface area contributed by atoms with Gasteiger partial charge in [-0.3, -0.25) is 0 Å². The first kappa shape index (κ1) is 8.64. The smallest absolute Gasteiger partial charge is 0.259 e. The molecule has 0 aliphatic carbocycles. The summed E-state index contributed by atoms with van der Waals surface area (Å²) in [4.78, 5) is 4.04. The maximum absolute atomic E-state index is 4.96. The van der Waals surface area contributed by atoms with E-state index in [2.05, 4.69) is 48.7 Å². The van der Waals surface area contributed by atoms with Crippen LogP contribution in [0.2, 0.25) is 0 Å². The Balaban J connectivity index is 2.43. The second-order valence-electron chi connectivity index (χ2n) is 2.01. The second-order valence-corrected chi connectivity index (χ2v) is 5.52. The summed E-state index contributed by atoms with van der Waals surface area (Å²) in [5.74, 6) is 0.557. The predicted octanol–water partition coefficient (Wildman–Crippen LogP) is 3.17. The molecule has 0 fully saturated rings. The van der Waals surface area contributed by atoms with Crippen LogP contribution in [0.15, 0.2) is 20.7 Å². The Kier molecular flexibility index (Phi) is 2.47. The summed E-state index contributed by atoms with van der Waals surface area (Å²) in [6, 6.07) is 2.01. The van der Waals surface area contributed by atoms with Crippen molar-refractivity contribution in [3.63, 3.8) is 0 Å². The van der Waals surface area contributed by atoms with Crippen LogP contribution in [0, 0.1) is 2.88 Å². The summed E-state index contributed by atoms with van der Waals surface area (Å²) in [7, 11) is 0. The van der Waals surface area contributed by atoms with Gasteiger partial charge in [-0.25, -0.2) is 0 Å². The largest absolute Gasteiger partial charge is 0.333 e. The first-order valence-electron chi connectivity index (χ1n) is 2.99. The van der Waals surface area contributed by atoms with Gasteiger partial charge in [-0.15, -0.1) is 11.3 Å². The normalized spacial score (nSPS) is 10.5. The van der Waals surface area contributed by atoms with Crippen LogP contribution in [0.4, 0.5) is 0 Å². The highest BCUT2D eigenvalue weighted by atomic mass is 127. The van der Waals surface area contributed by atoms with Gasteiger partial charge in [0.05, 0.1) is 8.45 Å². The number of hydrogen-bond acceptors (Lipinski definition) is 4. The Labute approximate surface area is 94.4 Å². The third-order valence-electron chi connectivity index (χ3n) is 1.22. The number of halogens is 2. The number of nitrogens with zero attached hydrogens (tertiary/aromatic N) is 2. The van der Waals surface area contributed by atoms with Gasteiger partial charge >= 0.3 is 0 Å². The lowest BCUT2D eigenvalue weighted by molar-refractivity contribution is 0.426. The Morgan fingerprint density at radius 2 is 2.42 bits per heavy atom. The molecule has 2 aromatic rings. The molecule has 0 aliphatic rings. The molecule has 2 aromatic heterocycles. The quantitative estimate of drug-likeness (QED) is 0.737. The van der Waals surface area contributed by atoms with Gasteiger partial charge in [-0.1, -0.05) is 0 Å². The van der Waals surface area contributed by atoms with Crippen LogP contribution < -0.4 is 0 Å². The molecule has 0 saturated heterocycles. The van der Waals surface area contributed by atoms with Crippen molar-refractivity contribution in [2.75, 3.05) is 0 Å². The Morgan fingerprint density at radius 1 is 1.58 bits per heavy atom. The van der Waals surface area contributed by atoms with Gasteiger partial charge in [0, 0.05) is 5.38 Å². The fraction of sp³-hybridized carbons (Fsp3) is 0. The van der Waals surface area contributed by atoms with Gasteiger partial charge in [0.15, 0.2) is 0 Å². The first-order chi connectivity index (χ1) is 5.75. The van der Waals surface area contributed by atoms with Gasteiger partial charge in [0.25, 0.3) is 5.89 Å². The number of thiophene rings is 1. The second kappa shape index (κ2) is 3.43. The van der Waals surface area contributed by atoms with Crippen LogP contribution in [0.1, 0.15) is 0 Å². The average molecular weight is 357 g/mol. The Hall–Kier alpha value is 0.0500. The van der Waals surface area contributed by atoms with E-state index >= 15 is 0 Å². The molecule has 0 spiro atoms. The SMILES string of the molecule is Brc1noc(-c2csc(I)c2)n1. The highest BCUT2D eigenvalue weighted by molar-refractivity contribution is 14.1. The van der Waals surface area contributed by atoms with Gasteiger partial charge in [-0.05, 0) is 49.7 Å². The van der Waals surface area contributed by atoms with Crippen LogP contribution in [-0.2, 0) is 0 Å². The van der Waals surface area contributed by atoms with E-state index in [9.17, 15) is 0 Å². The van der Waals surface area contributed by atoms with Gasteiger partial charge in [0.1, 0.15) is 0 Å². The van der Waals surface area contributed by atoms with E-state index < -0.39 is 0 Å². The van der Waals surface area contributed by atoms with Crippen LogP contribution in [0.5, 0.6) is 0 Å². The number of aromatic nitrogens is 2. The molecule has 6 heteroatoms. The minimum atomic E-state index is 0.485. The lowest BCUT2D eigenvalue weighted by Gasteiger charge is -1.81. The van der Waals surface area contributed by atoms with E-state index in [1.54, 1.807) is 11.3 Å². The van der Waals surface area contributed by atoms with E-state index in [0.717, 1.165) is 5.56 Å². The van der Waals surface area contributed by atoms with Gasteiger partial charge in [0.2, 0.25) is 4.73 Å². The molecule has 0 atom stereocenters. The van der Waals surface area contributed by atoms with Crippen molar-refractivity contribution < 1.29 is 4.52 Å². The molecule has 0 bridgehead atoms. The maximum atomic E-state index is 4.96. The summed E-state index contributed by atoms with van der Waals surface area (Å²) in [5.41, 5.74) is 0.975. The third-order valence-corrected chi connectivity index (χ3v) is 3.33. The summed E-state index contributed by atoms with van der Waals surface area (Å²) in [5, 5.41) is 5.62. The molecular formula is C6H2BrIN2OS. The minimum absolute atomic E-state index is 0.485. The van der Waals surface area contributed by atoms with E-state index in [0.29, 0.717) is 10.6 Å². The van der Waals surface area contributed by atoms with Crippen LogP contribution in [0.25, 0.3) is 11.5 Å². The zero-order chi connectivity index (χ0) is 8.55. The van der Waals surface area contributed by atoms with E-state index in [4.69, 9.17) is 4.52 Å². The highest BCUT2D eigenvalue weighted by Gasteiger charge is 2.07. The van der Waals surface area contributed by atoms with Crippen molar-refractivity contribution in [2.45, 2.75) is 0 Å². The average Bonchev–Trinajstić information content (AvgIpc) is 2.58. The standard InChI is InChI=1S/C6H2BrIN2OS/c7-6-9-5(11-10-6)3-1-4(8)12-2-3/h1-2H. The molecule has 0 aromatic carbocycles. The molecule has 0 N–H and O–H groups in total. The lowest BCUT2D eigenvalue weighted by atomic mass is 10.3. The van der Waals surface area contributed by atoms with Crippen LogP contribution in [-0.4, -0.2) is 10.1 Å². The summed E-state index contributed by atoms with van der Waals surface area (Å²) in [6.07, 6.45) is 0. The molecule has 0 amide bonds. The zero-order valence-corrected chi connectivity index (χ0v) is 10.2. The van der Waals surface area contributed by atoms with Gasteiger partial charge < -0.3 is 4.52 Å². The highest BCUT2D eigenvalue weighted by Crippen LogP contribution is 2.25. The Bertz CT molecular complexity index is 361. The van der Waals surface area contributed by atoms with E-state index in [-0.39, 0.29) is 0 Å². The molecule has 0 radical (unpaired) electrons. The molecule has 62 valence electrons. The predicted molar refractivity (Wildman–Crippen MR) is 58.0 cm³/mol. The van der Waals surface area contributed by atoms with Crippen molar-refractivity contribution >= 4 is 49.9 Å². The molecule has 2 rings (SSSR count).